The Morgan fingerprint density at radius 2 is 1.86 bits per heavy atom. The van der Waals surface area contributed by atoms with Gasteiger partial charge in [-0.15, -0.1) is 0 Å². The molecule has 1 N–H and O–H groups in total. The number of ether oxygens (including phenoxy) is 1. The summed E-state index contributed by atoms with van der Waals surface area (Å²) in [5.41, 5.74) is 0. The van der Waals surface area contributed by atoms with Crippen molar-refractivity contribution in [3.63, 3.8) is 0 Å². The van der Waals surface area contributed by atoms with E-state index in [9.17, 15) is 35.2 Å². The first-order valence-electron chi connectivity index (χ1n) is 5.66. The molecule has 0 saturated carbocycles. The number of carbonyl (C=O) groups is 1. The van der Waals surface area contributed by atoms with E-state index in [2.05, 4.69) is 4.74 Å². The van der Waals surface area contributed by atoms with Crippen LogP contribution in [0.25, 0.3) is 0 Å². The van der Waals surface area contributed by atoms with E-state index < -0.39 is 57.5 Å². The molecule has 0 aromatic heterocycles. The van der Waals surface area contributed by atoms with Crippen LogP contribution in [0.4, 0.5) is 26.7 Å². The Bertz CT molecular complexity index is 644. The third-order valence-corrected chi connectivity index (χ3v) is 3.98. The number of rotatable bonds is 5. The number of carbonyl (C=O) groups excluding carboxylic acids is 1. The fourth-order valence-electron chi connectivity index (χ4n) is 1.32. The van der Waals surface area contributed by atoms with E-state index in [1.807, 2.05) is 0 Å². The van der Waals surface area contributed by atoms with Crippen LogP contribution in [-0.4, -0.2) is 39.6 Å². The van der Waals surface area contributed by atoms with Crippen molar-refractivity contribution in [3.8, 4) is 0 Å². The lowest BCUT2D eigenvalue weighted by Crippen LogP contribution is -2.32. The first-order chi connectivity index (χ1) is 10.0. The van der Waals surface area contributed by atoms with Crippen LogP contribution in [-0.2, 0) is 14.6 Å². The summed E-state index contributed by atoms with van der Waals surface area (Å²) in [4.78, 5) is 10.1. The molecule has 1 rings (SSSR count). The van der Waals surface area contributed by atoms with E-state index in [0.29, 0.717) is 12.1 Å². The van der Waals surface area contributed by atoms with Gasteiger partial charge in [0.15, 0.2) is 16.4 Å². The Kier molecular flexibility index (Phi) is 5.69. The lowest BCUT2D eigenvalue weighted by Gasteiger charge is -2.09. The third-order valence-electron chi connectivity index (χ3n) is 2.24. The summed E-state index contributed by atoms with van der Waals surface area (Å²) in [5.74, 6) is -3.07. The average molecular weight is 347 g/mol. The molecule has 0 unspecified atom stereocenters. The van der Waals surface area contributed by atoms with Crippen molar-refractivity contribution in [2.45, 2.75) is 11.1 Å². The molecular formula is C11H10F5NO4S. The van der Waals surface area contributed by atoms with E-state index in [4.69, 9.17) is 0 Å². The second kappa shape index (κ2) is 6.90. The molecule has 0 heterocycles. The van der Waals surface area contributed by atoms with Crippen LogP contribution in [0.1, 0.15) is 0 Å². The number of halogens is 5. The van der Waals surface area contributed by atoms with Crippen LogP contribution in [0, 0.1) is 11.6 Å². The van der Waals surface area contributed by atoms with Gasteiger partial charge in [-0.25, -0.2) is 22.0 Å². The maximum absolute atomic E-state index is 13.3. The van der Waals surface area contributed by atoms with E-state index in [0.717, 1.165) is 6.07 Å². The first-order valence-corrected chi connectivity index (χ1v) is 7.32. The van der Waals surface area contributed by atoms with Gasteiger partial charge in [0.05, 0.1) is 5.75 Å². The number of hydrogen-bond donors (Lipinski definition) is 1. The highest BCUT2D eigenvalue weighted by molar-refractivity contribution is 7.91. The molecule has 0 radical (unpaired) electrons. The van der Waals surface area contributed by atoms with Crippen molar-refractivity contribution in [3.05, 3.63) is 29.8 Å². The minimum atomic E-state index is -4.71. The minimum absolute atomic E-state index is 0.373. The molecule has 0 spiro atoms. The summed E-state index contributed by atoms with van der Waals surface area (Å²) in [6.45, 7) is -2.42. The van der Waals surface area contributed by atoms with Crippen molar-refractivity contribution in [1.29, 1.82) is 0 Å². The van der Waals surface area contributed by atoms with Gasteiger partial charge in [0.2, 0.25) is 0 Å². The van der Waals surface area contributed by atoms with Crippen molar-refractivity contribution in [1.82, 2.24) is 5.32 Å². The fourth-order valence-corrected chi connectivity index (χ4v) is 2.55. The Hall–Kier alpha value is -1.91. The van der Waals surface area contributed by atoms with Crippen molar-refractivity contribution in [2.75, 3.05) is 18.9 Å². The van der Waals surface area contributed by atoms with Crippen LogP contribution >= 0.6 is 0 Å². The molecule has 0 saturated heterocycles. The molecule has 11 heteroatoms. The molecule has 5 nitrogen and oxygen atoms in total. The quantitative estimate of drug-likeness (QED) is 0.653. The summed E-state index contributed by atoms with van der Waals surface area (Å²) >= 11 is 0. The molecule has 1 aromatic carbocycles. The molecular weight excluding hydrogens is 337 g/mol. The number of nitrogens with one attached hydrogen (secondary N) is 1. The predicted octanol–water partition coefficient (Wildman–Crippen LogP) is 2.03. The Morgan fingerprint density at radius 3 is 2.41 bits per heavy atom. The Balaban J connectivity index is 2.55. The van der Waals surface area contributed by atoms with Crippen LogP contribution < -0.4 is 5.32 Å². The molecule has 0 aliphatic carbocycles. The van der Waals surface area contributed by atoms with Gasteiger partial charge in [-0.05, 0) is 12.1 Å². The Labute approximate surface area is 122 Å². The number of hydrogen-bond acceptors (Lipinski definition) is 4. The maximum Gasteiger partial charge on any atom is 0.422 e. The van der Waals surface area contributed by atoms with Crippen LogP contribution in [0.15, 0.2) is 23.1 Å². The average Bonchev–Trinajstić information content (AvgIpc) is 2.34. The minimum Gasteiger partial charge on any atom is -0.440 e. The summed E-state index contributed by atoms with van der Waals surface area (Å²) in [6.07, 6.45) is -6.17. The summed E-state index contributed by atoms with van der Waals surface area (Å²) in [7, 11) is -4.18. The van der Waals surface area contributed by atoms with E-state index in [1.54, 1.807) is 5.32 Å². The molecule has 1 aromatic rings. The predicted molar refractivity (Wildman–Crippen MR) is 63.8 cm³/mol. The highest BCUT2D eigenvalue weighted by Crippen LogP contribution is 2.17. The normalized spacial score (nSPS) is 12.0. The van der Waals surface area contributed by atoms with E-state index >= 15 is 0 Å². The van der Waals surface area contributed by atoms with Crippen LogP contribution in [0.2, 0.25) is 0 Å². The zero-order chi connectivity index (χ0) is 17.0. The largest absolute Gasteiger partial charge is 0.440 e. The van der Waals surface area contributed by atoms with E-state index in [1.165, 1.54) is 0 Å². The zero-order valence-corrected chi connectivity index (χ0v) is 11.6. The highest BCUT2D eigenvalue weighted by Gasteiger charge is 2.29. The monoisotopic (exact) mass is 347 g/mol. The van der Waals surface area contributed by atoms with Gasteiger partial charge in [-0.2, -0.15) is 13.2 Å². The van der Waals surface area contributed by atoms with Gasteiger partial charge in [0.1, 0.15) is 16.5 Å². The number of benzene rings is 1. The van der Waals surface area contributed by atoms with E-state index in [-0.39, 0.29) is 0 Å². The topological polar surface area (TPSA) is 72.5 Å². The zero-order valence-electron chi connectivity index (χ0n) is 10.8. The van der Waals surface area contributed by atoms with Crippen LogP contribution in [0.5, 0.6) is 0 Å². The van der Waals surface area contributed by atoms with Gasteiger partial charge in [0.25, 0.3) is 0 Å². The second-order valence-corrected chi connectivity index (χ2v) is 6.09. The number of alkyl halides is 3. The van der Waals surface area contributed by atoms with Crippen molar-refractivity contribution < 1.29 is 39.9 Å². The van der Waals surface area contributed by atoms with Crippen LogP contribution in [0.3, 0.4) is 0 Å². The molecule has 1 amide bonds. The second-order valence-electron chi connectivity index (χ2n) is 4.01. The summed E-state index contributed by atoms with van der Waals surface area (Å²) in [5, 5.41) is 1.78. The number of alkyl carbamates (subject to hydrolysis) is 1. The fraction of sp³-hybridized carbons (Fsp3) is 0.364. The van der Waals surface area contributed by atoms with Gasteiger partial charge < -0.3 is 10.1 Å². The number of amides is 1. The smallest absolute Gasteiger partial charge is 0.422 e. The van der Waals surface area contributed by atoms with Gasteiger partial charge >= 0.3 is 12.3 Å². The lowest BCUT2D eigenvalue weighted by atomic mass is 10.3. The van der Waals surface area contributed by atoms with Crippen molar-refractivity contribution >= 4 is 15.9 Å². The number of sulfone groups is 1. The molecule has 22 heavy (non-hydrogen) atoms. The SMILES string of the molecule is O=C(NCCS(=O)(=O)c1ccc(F)cc1F)OCC(F)(F)F. The van der Waals surface area contributed by atoms with Gasteiger partial charge in [0, 0.05) is 12.6 Å². The lowest BCUT2D eigenvalue weighted by molar-refractivity contribution is -0.160. The van der Waals surface area contributed by atoms with Gasteiger partial charge in [-0.1, -0.05) is 0 Å². The summed E-state index contributed by atoms with van der Waals surface area (Å²) in [6, 6.07) is 1.82. The van der Waals surface area contributed by atoms with Crippen molar-refractivity contribution in [2.24, 2.45) is 0 Å². The Morgan fingerprint density at radius 1 is 1.23 bits per heavy atom. The maximum atomic E-state index is 13.3. The molecule has 0 bridgehead atoms. The standard InChI is InChI=1S/C11H10F5NO4S/c12-7-1-2-9(8(13)5-7)22(19,20)4-3-17-10(18)21-6-11(14,15)16/h1-2,5H,3-4,6H2,(H,17,18). The molecule has 124 valence electrons. The van der Waals surface area contributed by atoms with Gasteiger partial charge in [-0.3, -0.25) is 0 Å². The summed E-state index contributed by atoms with van der Waals surface area (Å²) < 4.78 is 88.5. The third kappa shape index (κ3) is 5.84. The first kappa shape index (κ1) is 18.1. The molecule has 0 aliphatic heterocycles. The molecule has 0 aliphatic rings. The molecule has 0 atom stereocenters. The highest BCUT2D eigenvalue weighted by atomic mass is 32.2. The molecule has 0 fully saturated rings.